The Morgan fingerprint density at radius 1 is 1.23 bits per heavy atom. The molecule has 10 heteroatoms. The lowest BCUT2D eigenvalue weighted by Crippen LogP contribution is -2.48. The number of rotatable bonds is 11. The lowest BCUT2D eigenvalue weighted by molar-refractivity contribution is -0.149. The zero-order valence-corrected chi connectivity index (χ0v) is 22.8. The Morgan fingerprint density at radius 2 is 2.02 bits per heavy atom. The molecular weight excluding hydrogens is 509 g/mol. The summed E-state index contributed by atoms with van der Waals surface area (Å²) < 4.78 is 23.0. The van der Waals surface area contributed by atoms with Crippen LogP contribution in [0.15, 0.2) is 67.3 Å². The summed E-state index contributed by atoms with van der Waals surface area (Å²) in [5, 5.41) is 3.79. The molecule has 3 N–H and O–H groups in total. The van der Waals surface area contributed by atoms with E-state index in [2.05, 4.69) is 11.9 Å². The number of pyridine rings is 1. The first-order chi connectivity index (χ1) is 19.4. The van der Waals surface area contributed by atoms with Gasteiger partial charge in [0.2, 0.25) is 5.91 Å². The number of nitrogens with one attached hydrogen (secondary N) is 1. The van der Waals surface area contributed by atoms with E-state index in [9.17, 15) is 9.59 Å². The molecule has 1 aromatic heterocycles. The third-order valence-corrected chi connectivity index (χ3v) is 7.74. The van der Waals surface area contributed by atoms with Crippen molar-refractivity contribution in [2.75, 3.05) is 20.4 Å². The van der Waals surface area contributed by atoms with E-state index in [1.54, 1.807) is 20.1 Å². The topological polar surface area (TPSA) is 122 Å². The van der Waals surface area contributed by atoms with E-state index in [0.717, 1.165) is 22.2 Å². The quantitative estimate of drug-likeness (QED) is 0.161. The van der Waals surface area contributed by atoms with Crippen LogP contribution in [0.3, 0.4) is 0 Å². The maximum atomic E-state index is 13.5. The number of nitrogens with two attached hydrogens (primary N) is 1. The Labute approximate surface area is 234 Å². The molecular formula is C30H34BN3O6. The van der Waals surface area contributed by atoms with Crippen molar-refractivity contribution in [1.82, 2.24) is 10.3 Å². The average molecular weight is 543 g/mol. The number of nitrogens with zero attached hydrogens (tertiary/aromatic N) is 1. The zero-order valence-electron chi connectivity index (χ0n) is 22.8. The maximum absolute atomic E-state index is 13.5. The van der Waals surface area contributed by atoms with Gasteiger partial charge in [0, 0.05) is 34.8 Å². The molecule has 208 valence electrons. The first-order valence-electron chi connectivity index (χ1n) is 13.6. The van der Waals surface area contributed by atoms with E-state index in [-0.39, 0.29) is 31.3 Å². The number of carbonyl (C=O) groups excluding carboxylic acids is 2. The highest BCUT2D eigenvalue weighted by Crippen LogP contribution is 2.47. The number of amides is 1. The Kier molecular flexibility index (Phi) is 8.09. The third-order valence-electron chi connectivity index (χ3n) is 7.74. The van der Waals surface area contributed by atoms with Gasteiger partial charge >= 0.3 is 12.9 Å². The van der Waals surface area contributed by atoms with Crippen molar-refractivity contribution in [2.45, 2.75) is 43.5 Å². The lowest BCUT2D eigenvalue weighted by Gasteiger charge is -2.21. The van der Waals surface area contributed by atoms with Gasteiger partial charge in [-0.05, 0) is 38.2 Å². The molecule has 40 heavy (non-hydrogen) atoms. The largest absolute Gasteiger partial charge is 0.497 e. The van der Waals surface area contributed by atoms with Crippen LogP contribution in [0.5, 0.6) is 11.5 Å². The summed E-state index contributed by atoms with van der Waals surface area (Å²) >= 11 is 0. The normalized spacial score (nSPS) is 23.5. The van der Waals surface area contributed by atoms with Crippen LogP contribution in [-0.2, 0) is 19.0 Å². The molecule has 1 amide bonds. The number of fused-ring (bicyclic) bond motifs is 1. The lowest BCUT2D eigenvalue weighted by atomic mass is 9.57. The highest BCUT2D eigenvalue weighted by Gasteiger charge is 2.62. The summed E-state index contributed by atoms with van der Waals surface area (Å²) in [5.74, 6) is -0.0968. The highest BCUT2D eigenvalue weighted by molar-refractivity contribution is 6.59. The molecule has 2 heterocycles. The number of hydrogen-bond acceptors (Lipinski definition) is 8. The van der Waals surface area contributed by atoms with Gasteiger partial charge in [0.25, 0.3) is 0 Å². The summed E-state index contributed by atoms with van der Waals surface area (Å²) in [6.07, 6.45) is 2.68. The van der Waals surface area contributed by atoms with Crippen LogP contribution in [0.25, 0.3) is 22.2 Å². The minimum atomic E-state index is -1.08. The first kappa shape index (κ1) is 27.7. The molecule has 0 bridgehead atoms. The van der Waals surface area contributed by atoms with E-state index in [0.29, 0.717) is 30.7 Å². The van der Waals surface area contributed by atoms with Gasteiger partial charge in [-0.25, -0.2) is 9.78 Å². The number of ether oxygens (including phenoxy) is 3. The molecule has 4 atom stereocenters. The van der Waals surface area contributed by atoms with Gasteiger partial charge in [-0.3, -0.25) is 4.79 Å². The number of aromatic nitrogens is 1. The molecule has 2 fully saturated rings. The molecule has 1 aliphatic heterocycles. The Balaban J connectivity index is 1.40. The molecule has 0 radical (unpaired) electrons. The minimum Gasteiger partial charge on any atom is -0.497 e. The summed E-state index contributed by atoms with van der Waals surface area (Å²) in [6, 6.07) is 17.4. The number of hydrogen-bond donors (Lipinski definition) is 2. The standard InChI is InChI=1S/C30H34BN3O6/c1-4-20-16-30(20,29(36)38-5-2)34-28(35)24-13-22(17-31(24)39-18-32)40-27-15-25(19-9-7-6-8-10-19)33-26-14-21(37-3)11-12-23(26)27/h4,6-12,14-15,20,22,24H,1,5,13,16-18,32H2,2-3H3,(H,34,35)/t20?,22-,24?,30-/m1/s1. The van der Waals surface area contributed by atoms with E-state index in [1.807, 2.05) is 54.6 Å². The van der Waals surface area contributed by atoms with Crippen LogP contribution in [0.4, 0.5) is 0 Å². The SMILES string of the molecule is C=CC1C[C@]1(NC(=O)C1C[C@@H](Oc2cc(-c3ccccc3)nc3cc(OC)ccc23)CB1OCN)C(=O)OCC. The van der Waals surface area contributed by atoms with E-state index in [1.165, 1.54) is 0 Å². The van der Waals surface area contributed by atoms with Crippen LogP contribution in [-0.4, -0.2) is 55.9 Å². The number of esters is 1. The van der Waals surface area contributed by atoms with Crippen LogP contribution in [0.2, 0.25) is 12.1 Å². The predicted octanol–water partition coefficient (Wildman–Crippen LogP) is 3.98. The summed E-state index contributed by atoms with van der Waals surface area (Å²) in [6.45, 7) is 5.28. The van der Waals surface area contributed by atoms with Gasteiger partial charge in [0.1, 0.15) is 17.0 Å². The molecule has 1 saturated heterocycles. The summed E-state index contributed by atoms with van der Waals surface area (Å²) in [7, 11) is 1.62. The molecule has 1 saturated carbocycles. The number of methoxy groups -OCH3 is 1. The van der Waals surface area contributed by atoms with Crippen LogP contribution in [0.1, 0.15) is 19.8 Å². The second-order valence-electron chi connectivity index (χ2n) is 10.2. The second kappa shape index (κ2) is 11.7. The van der Waals surface area contributed by atoms with E-state index < -0.39 is 24.2 Å². The minimum absolute atomic E-state index is 0.0321. The van der Waals surface area contributed by atoms with Crippen molar-refractivity contribution in [1.29, 1.82) is 0 Å². The fraction of sp³-hybridized carbons (Fsp3) is 0.367. The van der Waals surface area contributed by atoms with E-state index >= 15 is 0 Å². The van der Waals surface area contributed by atoms with Crippen molar-refractivity contribution in [3.05, 3.63) is 67.3 Å². The first-order valence-corrected chi connectivity index (χ1v) is 13.6. The van der Waals surface area contributed by atoms with Gasteiger partial charge in [-0.1, -0.05) is 36.4 Å². The number of carbonyl (C=O) groups is 2. The van der Waals surface area contributed by atoms with E-state index in [4.69, 9.17) is 29.6 Å². The van der Waals surface area contributed by atoms with Gasteiger partial charge in [0.15, 0.2) is 0 Å². The Morgan fingerprint density at radius 3 is 2.70 bits per heavy atom. The van der Waals surface area contributed by atoms with Crippen molar-refractivity contribution in [3.8, 4) is 22.8 Å². The van der Waals surface area contributed by atoms with Crippen LogP contribution < -0.4 is 20.5 Å². The van der Waals surface area contributed by atoms with Crippen molar-refractivity contribution in [3.63, 3.8) is 0 Å². The smallest absolute Gasteiger partial charge is 0.332 e. The molecule has 5 rings (SSSR count). The van der Waals surface area contributed by atoms with Crippen molar-refractivity contribution in [2.24, 2.45) is 11.7 Å². The Bertz CT molecular complexity index is 1400. The molecule has 2 aliphatic rings. The number of benzene rings is 2. The third kappa shape index (κ3) is 5.42. The fourth-order valence-corrected chi connectivity index (χ4v) is 5.55. The van der Waals surface area contributed by atoms with Gasteiger partial charge in [0.05, 0.1) is 37.8 Å². The van der Waals surface area contributed by atoms with Gasteiger partial charge in [-0.15, -0.1) is 6.58 Å². The average Bonchev–Trinajstić information content (AvgIpc) is 3.55. The molecule has 2 unspecified atom stereocenters. The summed E-state index contributed by atoms with van der Waals surface area (Å²) in [4.78, 5) is 31.1. The molecule has 3 aromatic rings. The fourth-order valence-electron chi connectivity index (χ4n) is 5.55. The summed E-state index contributed by atoms with van der Waals surface area (Å²) in [5.41, 5.74) is 7.10. The zero-order chi connectivity index (χ0) is 28.3. The molecule has 9 nitrogen and oxygen atoms in total. The van der Waals surface area contributed by atoms with Crippen molar-refractivity contribution < 1.29 is 28.5 Å². The van der Waals surface area contributed by atoms with Crippen LogP contribution >= 0.6 is 0 Å². The molecule has 0 spiro atoms. The van der Waals surface area contributed by atoms with Gasteiger partial charge < -0.3 is 29.9 Å². The predicted molar refractivity (Wildman–Crippen MR) is 153 cm³/mol. The van der Waals surface area contributed by atoms with Gasteiger partial charge in [-0.2, -0.15) is 0 Å². The highest BCUT2D eigenvalue weighted by atomic mass is 16.5. The molecule has 1 aliphatic carbocycles. The van der Waals surface area contributed by atoms with Crippen LogP contribution in [0, 0.1) is 5.92 Å². The monoisotopic (exact) mass is 543 g/mol. The maximum Gasteiger partial charge on any atom is 0.332 e. The molecule has 2 aromatic carbocycles. The Hall–Kier alpha value is -3.89. The second-order valence-corrected chi connectivity index (χ2v) is 10.2. The van der Waals surface area contributed by atoms with Crippen molar-refractivity contribution >= 4 is 29.7 Å².